The minimum atomic E-state index is 1.07. The number of rotatable bonds is 0. The van der Waals surface area contributed by atoms with Crippen molar-refractivity contribution in [3.63, 3.8) is 0 Å². The molecule has 2 nitrogen and oxygen atoms in total. The van der Waals surface area contributed by atoms with E-state index in [0.29, 0.717) is 0 Å². The third kappa shape index (κ3) is 2.82. The Balaban J connectivity index is 2.12. The monoisotopic (exact) mass is 128 g/mol. The summed E-state index contributed by atoms with van der Waals surface area (Å²) in [5.74, 6) is 0. The summed E-state index contributed by atoms with van der Waals surface area (Å²) >= 11 is 0. The summed E-state index contributed by atoms with van der Waals surface area (Å²) in [6.45, 7) is 3.53. The lowest BCUT2D eigenvalue weighted by atomic mass is 10.2. The van der Waals surface area contributed by atoms with Gasteiger partial charge in [-0.3, -0.25) is 4.90 Å². The lowest BCUT2D eigenvalue weighted by molar-refractivity contribution is 0.281. The quantitative estimate of drug-likeness (QED) is 0.515. The molecule has 0 bridgehead atoms. The average molecular weight is 128 g/mol. The van der Waals surface area contributed by atoms with E-state index in [1.807, 2.05) is 0 Å². The van der Waals surface area contributed by atoms with Crippen LogP contribution in [-0.2, 0) is 0 Å². The summed E-state index contributed by atoms with van der Waals surface area (Å²) in [4.78, 5) is 2.33. The highest BCUT2D eigenvalue weighted by Gasteiger charge is 2.00. The zero-order valence-electron chi connectivity index (χ0n) is 6.19. The second-order valence-corrected chi connectivity index (χ2v) is 2.80. The molecule has 9 heavy (non-hydrogen) atoms. The molecule has 0 atom stereocenters. The molecule has 0 aromatic rings. The van der Waals surface area contributed by atoms with Crippen molar-refractivity contribution >= 4 is 0 Å². The van der Waals surface area contributed by atoms with Gasteiger partial charge in [0.1, 0.15) is 0 Å². The van der Waals surface area contributed by atoms with Crippen LogP contribution in [0.15, 0.2) is 0 Å². The van der Waals surface area contributed by atoms with Gasteiger partial charge in [-0.1, -0.05) is 6.42 Å². The molecule has 0 aliphatic carbocycles. The second kappa shape index (κ2) is 3.85. The predicted molar refractivity (Wildman–Crippen MR) is 39.4 cm³/mol. The maximum Gasteiger partial charge on any atom is 0.0477 e. The van der Waals surface area contributed by atoms with Crippen LogP contribution in [0.3, 0.4) is 0 Å². The normalized spacial score (nSPS) is 25.0. The largest absolute Gasteiger partial charge is 0.304 e. The van der Waals surface area contributed by atoms with Crippen LogP contribution in [0.5, 0.6) is 0 Å². The van der Waals surface area contributed by atoms with E-state index in [9.17, 15) is 0 Å². The van der Waals surface area contributed by atoms with E-state index in [1.165, 1.54) is 32.4 Å². The van der Waals surface area contributed by atoms with Gasteiger partial charge in [0.15, 0.2) is 0 Å². The van der Waals surface area contributed by atoms with Gasteiger partial charge in [0, 0.05) is 6.67 Å². The summed E-state index contributed by atoms with van der Waals surface area (Å²) in [6, 6.07) is 0. The maximum atomic E-state index is 3.36. The topological polar surface area (TPSA) is 15.3 Å². The molecule has 1 rings (SSSR count). The van der Waals surface area contributed by atoms with Crippen molar-refractivity contribution < 1.29 is 0 Å². The molecule has 0 amide bonds. The third-order valence-corrected chi connectivity index (χ3v) is 1.78. The molecule has 0 saturated carbocycles. The van der Waals surface area contributed by atoms with Gasteiger partial charge in [-0.15, -0.1) is 0 Å². The van der Waals surface area contributed by atoms with Gasteiger partial charge in [-0.25, -0.2) is 0 Å². The lowest BCUT2D eigenvalue weighted by Crippen LogP contribution is -2.34. The summed E-state index contributed by atoms with van der Waals surface area (Å²) in [6.07, 6.45) is 4.11. The molecule has 0 aromatic heterocycles. The molecule has 1 aliphatic heterocycles. The van der Waals surface area contributed by atoms with Crippen LogP contribution in [0.2, 0.25) is 0 Å². The number of nitrogens with one attached hydrogen (secondary N) is 1. The Kier molecular flexibility index (Phi) is 3.01. The lowest BCUT2D eigenvalue weighted by Gasteiger charge is -2.19. The van der Waals surface area contributed by atoms with Gasteiger partial charge in [-0.2, -0.15) is 0 Å². The van der Waals surface area contributed by atoms with Crippen LogP contribution in [0.1, 0.15) is 19.3 Å². The zero-order chi connectivity index (χ0) is 6.53. The minimum Gasteiger partial charge on any atom is -0.304 e. The molecule has 54 valence electrons. The first-order valence-corrected chi connectivity index (χ1v) is 3.79. The van der Waals surface area contributed by atoms with Crippen molar-refractivity contribution in [1.29, 1.82) is 0 Å². The van der Waals surface area contributed by atoms with Gasteiger partial charge in [0.05, 0.1) is 0 Å². The minimum absolute atomic E-state index is 1.07. The molecule has 0 unspecified atom stereocenters. The summed E-state index contributed by atoms with van der Waals surface area (Å²) in [5, 5.41) is 3.36. The van der Waals surface area contributed by atoms with Crippen molar-refractivity contribution in [1.82, 2.24) is 10.2 Å². The molecule has 1 heterocycles. The highest BCUT2D eigenvalue weighted by atomic mass is 15.2. The van der Waals surface area contributed by atoms with Crippen molar-refractivity contribution in [2.24, 2.45) is 0 Å². The molecule has 1 fully saturated rings. The van der Waals surface area contributed by atoms with Crippen molar-refractivity contribution in [3.05, 3.63) is 0 Å². The first kappa shape index (κ1) is 7.03. The standard InChI is InChI=1S/C7H16N2/c1-9-6-4-2-3-5-8-7-9/h8H,2-7H2,1H3. The first-order chi connectivity index (χ1) is 4.39. The molecule has 1 saturated heterocycles. The number of hydrogen-bond donors (Lipinski definition) is 1. The van der Waals surface area contributed by atoms with Gasteiger partial charge < -0.3 is 5.32 Å². The van der Waals surface area contributed by atoms with Crippen molar-refractivity contribution in [2.75, 3.05) is 26.8 Å². The van der Waals surface area contributed by atoms with Crippen molar-refractivity contribution in [3.8, 4) is 0 Å². The zero-order valence-corrected chi connectivity index (χ0v) is 6.19. The summed E-state index contributed by atoms with van der Waals surface area (Å²) in [7, 11) is 2.16. The Morgan fingerprint density at radius 3 is 3.00 bits per heavy atom. The molecular weight excluding hydrogens is 112 g/mol. The van der Waals surface area contributed by atoms with E-state index in [2.05, 4.69) is 17.3 Å². The van der Waals surface area contributed by atoms with Gasteiger partial charge in [0.2, 0.25) is 0 Å². The molecule has 1 aliphatic rings. The predicted octanol–water partition coefficient (Wildman–Crippen LogP) is 0.649. The molecule has 0 aromatic carbocycles. The van der Waals surface area contributed by atoms with Crippen LogP contribution < -0.4 is 5.32 Å². The van der Waals surface area contributed by atoms with Crippen LogP contribution in [0.25, 0.3) is 0 Å². The molecule has 0 radical (unpaired) electrons. The number of hydrogen-bond acceptors (Lipinski definition) is 2. The fourth-order valence-electron chi connectivity index (χ4n) is 1.16. The van der Waals surface area contributed by atoms with E-state index in [0.717, 1.165) is 6.67 Å². The van der Waals surface area contributed by atoms with Crippen LogP contribution in [-0.4, -0.2) is 31.7 Å². The Morgan fingerprint density at radius 1 is 1.22 bits per heavy atom. The summed E-state index contributed by atoms with van der Waals surface area (Å²) in [5.41, 5.74) is 0. The van der Waals surface area contributed by atoms with E-state index in [4.69, 9.17) is 0 Å². The SMILES string of the molecule is CN1CCCCCNC1. The van der Waals surface area contributed by atoms with Gasteiger partial charge in [0.25, 0.3) is 0 Å². The van der Waals surface area contributed by atoms with Gasteiger partial charge >= 0.3 is 0 Å². The van der Waals surface area contributed by atoms with Gasteiger partial charge in [-0.05, 0) is 33.0 Å². The first-order valence-electron chi connectivity index (χ1n) is 3.79. The second-order valence-electron chi connectivity index (χ2n) is 2.80. The summed E-state index contributed by atoms with van der Waals surface area (Å²) < 4.78 is 0. The van der Waals surface area contributed by atoms with Crippen LogP contribution in [0.4, 0.5) is 0 Å². The van der Waals surface area contributed by atoms with E-state index in [1.54, 1.807) is 0 Å². The Hall–Kier alpha value is -0.0800. The van der Waals surface area contributed by atoms with Crippen molar-refractivity contribution in [2.45, 2.75) is 19.3 Å². The molecule has 2 heteroatoms. The Labute approximate surface area is 57.2 Å². The van der Waals surface area contributed by atoms with Crippen LogP contribution >= 0.6 is 0 Å². The smallest absolute Gasteiger partial charge is 0.0477 e. The Bertz CT molecular complexity index is 65.3. The fraction of sp³-hybridized carbons (Fsp3) is 1.00. The van der Waals surface area contributed by atoms with E-state index in [-0.39, 0.29) is 0 Å². The molecular formula is C7H16N2. The fourth-order valence-corrected chi connectivity index (χ4v) is 1.16. The maximum absolute atomic E-state index is 3.36. The Morgan fingerprint density at radius 2 is 2.11 bits per heavy atom. The van der Waals surface area contributed by atoms with Crippen LogP contribution in [0, 0.1) is 0 Å². The molecule has 0 spiro atoms. The average Bonchev–Trinajstić information content (AvgIpc) is 1.79. The molecule has 1 N–H and O–H groups in total. The van der Waals surface area contributed by atoms with E-state index >= 15 is 0 Å². The highest BCUT2D eigenvalue weighted by molar-refractivity contribution is 4.56. The number of nitrogens with zero attached hydrogens (tertiary/aromatic N) is 1. The third-order valence-electron chi connectivity index (χ3n) is 1.78. The van der Waals surface area contributed by atoms with E-state index < -0.39 is 0 Å². The highest BCUT2D eigenvalue weighted by Crippen LogP contribution is 1.98.